The molecule has 1 saturated heterocycles. The Hall–Kier alpha value is -2.78. The van der Waals surface area contributed by atoms with Crippen molar-refractivity contribution >= 4 is 40.9 Å². The SMILES string of the molecule is COc1cc(P2(=O)CCN(C3CC3)CC2)ccc1Nc1nc(NC2CC2)c2c(C(F)(F)F)c[nH]c2n1. The van der Waals surface area contributed by atoms with Crippen molar-refractivity contribution in [2.75, 3.05) is 43.2 Å². The predicted molar refractivity (Wildman–Crippen MR) is 133 cm³/mol. The monoisotopic (exact) mass is 520 g/mol. The van der Waals surface area contributed by atoms with E-state index in [4.69, 9.17) is 4.74 Å². The summed E-state index contributed by atoms with van der Waals surface area (Å²) in [7, 11) is -0.994. The van der Waals surface area contributed by atoms with Crippen molar-refractivity contribution in [3.8, 4) is 5.75 Å². The zero-order valence-electron chi connectivity index (χ0n) is 19.9. The van der Waals surface area contributed by atoms with Crippen LogP contribution < -0.4 is 20.7 Å². The predicted octanol–water partition coefficient (Wildman–Crippen LogP) is 4.77. The summed E-state index contributed by atoms with van der Waals surface area (Å²) < 4.78 is 60.0. The largest absolute Gasteiger partial charge is 0.495 e. The van der Waals surface area contributed by atoms with Gasteiger partial charge in [-0.25, -0.2) is 0 Å². The Balaban J connectivity index is 1.29. The fourth-order valence-electron chi connectivity index (χ4n) is 4.86. The maximum atomic E-state index is 13.7. The number of nitrogens with one attached hydrogen (secondary N) is 3. The molecule has 3 N–H and O–H groups in total. The van der Waals surface area contributed by atoms with Crippen LogP contribution in [0.4, 0.5) is 30.6 Å². The molecule has 0 spiro atoms. The standard InChI is InChI=1S/C24H28F3N6O2P/c1-35-19-12-16(36(34)10-8-33(9-11-36)15-4-5-15)6-7-18(19)30-23-31-21-20(17(13-28-21)24(25,26)27)22(32-23)29-14-2-3-14/h6-7,12-15H,2-5,8-11H2,1H3,(H3,28,29,30,31,32). The zero-order valence-corrected chi connectivity index (χ0v) is 20.8. The number of methoxy groups -OCH3 is 1. The average molecular weight is 520 g/mol. The Morgan fingerprint density at radius 1 is 1.14 bits per heavy atom. The van der Waals surface area contributed by atoms with Crippen molar-refractivity contribution in [3.63, 3.8) is 0 Å². The molecule has 0 bridgehead atoms. The average Bonchev–Trinajstić information content (AvgIpc) is 3.78. The number of benzene rings is 1. The summed E-state index contributed by atoms with van der Waals surface area (Å²) in [5.41, 5.74) is -0.166. The molecule has 0 radical (unpaired) electrons. The molecule has 3 aromatic rings. The van der Waals surface area contributed by atoms with E-state index in [-0.39, 0.29) is 28.8 Å². The van der Waals surface area contributed by atoms with E-state index < -0.39 is 18.9 Å². The van der Waals surface area contributed by atoms with Gasteiger partial charge in [0.1, 0.15) is 24.4 Å². The van der Waals surface area contributed by atoms with E-state index in [1.54, 1.807) is 12.1 Å². The molecule has 1 aliphatic heterocycles. The first-order valence-electron chi connectivity index (χ1n) is 12.2. The van der Waals surface area contributed by atoms with Gasteiger partial charge >= 0.3 is 6.18 Å². The fraction of sp³-hybridized carbons (Fsp3) is 0.500. The first kappa shape index (κ1) is 23.6. The lowest BCUT2D eigenvalue weighted by molar-refractivity contribution is -0.136. The Morgan fingerprint density at radius 2 is 1.89 bits per heavy atom. The van der Waals surface area contributed by atoms with Crippen molar-refractivity contribution in [1.29, 1.82) is 0 Å². The van der Waals surface area contributed by atoms with Gasteiger partial charge in [0.25, 0.3) is 0 Å². The summed E-state index contributed by atoms with van der Waals surface area (Å²) >= 11 is 0. The van der Waals surface area contributed by atoms with Crippen LogP contribution in [-0.2, 0) is 10.7 Å². The highest BCUT2D eigenvalue weighted by Crippen LogP contribution is 2.49. The van der Waals surface area contributed by atoms with Crippen LogP contribution in [0, 0.1) is 0 Å². The van der Waals surface area contributed by atoms with Crippen molar-refractivity contribution in [3.05, 3.63) is 30.0 Å². The number of fused-ring (bicyclic) bond motifs is 1. The molecule has 3 heterocycles. The summed E-state index contributed by atoms with van der Waals surface area (Å²) in [5, 5.41) is 6.90. The van der Waals surface area contributed by atoms with Gasteiger partial charge in [-0.3, -0.25) is 4.90 Å². The molecule has 3 aliphatic rings. The maximum Gasteiger partial charge on any atom is 0.418 e. The number of alkyl halides is 3. The lowest BCUT2D eigenvalue weighted by atomic mass is 10.2. The molecule has 3 fully saturated rings. The smallest absolute Gasteiger partial charge is 0.418 e. The Bertz CT molecular complexity index is 1340. The number of hydrogen-bond donors (Lipinski definition) is 3. The highest BCUT2D eigenvalue weighted by Gasteiger charge is 2.38. The molecule has 2 aromatic heterocycles. The minimum absolute atomic E-state index is 0.0714. The number of H-pyrrole nitrogens is 1. The van der Waals surface area contributed by atoms with Gasteiger partial charge in [-0.2, -0.15) is 23.1 Å². The number of nitrogens with zero attached hydrogens (tertiary/aromatic N) is 3. The third kappa shape index (κ3) is 4.54. The van der Waals surface area contributed by atoms with Gasteiger partial charge in [0.15, 0.2) is 0 Å². The third-order valence-corrected chi connectivity index (χ3v) is 10.3. The number of hydrogen-bond acceptors (Lipinski definition) is 7. The maximum absolute atomic E-state index is 13.7. The highest BCUT2D eigenvalue weighted by atomic mass is 31.2. The quantitative estimate of drug-likeness (QED) is 0.387. The minimum atomic E-state index is -4.53. The Kier molecular flexibility index (Phi) is 5.68. The van der Waals surface area contributed by atoms with Crippen LogP contribution in [0.3, 0.4) is 0 Å². The summed E-state index contributed by atoms with van der Waals surface area (Å²) in [6, 6.07) is 6.19. The molecule has 12 heteroatoms. The fourth-order valence-corrected chi connectivity index (χ4v) is 7.46. The van der Waals surface area contributed by atoms with E-state index >= 15 is 0 Å². The molecule has 0 unspecified atom stereocenters. The first-order valence-corrected chi connectivity index (χ1v) is 14.3. The third-order valence-electron chi connectivity index (χ3n) is 7.22. The molecule has 1 aromatic carbocycles. The second kappa shape index (κ2) is 8.66. The van der Waals surface area contributed by atoms with Gasteiger partial charge in [-0.1, -0.05) is 0 Å². The molecular formula is C24H28F3N6O2P. The number of rotatable bonds is 7. The lowest BCUT2D eigenvalue weighted by Gasteiger charge is -2.32. The van der Waals surface area contributed by atoms with E-state index in [0.717, 1.165) is 37.4 Å². The molecule has 0 atom stereocenters. The first-order chi connectivity index (χ1) is 17.2. The summed E-state index contributed by atoms with van der Waals surface area (Å²) in [6.45, 7) is 1.70. The summed E-state index contributed by atoms with van der Waals surface area (Å²) in [4.78, 5) is 13.7. The molecule has 192 valence electrons. The number of aromatic amines is 1. The molecule has 2 saturated carbocycles. The topological polar surface area (TPSA) is 95.2 Å². The number of ether oxygens (including phenoxy) is 1. The van der Waals surface area contributed by atoms with Gasteiger partial charge in [0, 0.05) is 49.0 Å². The lowest BCUT2D eigenvalue weighted by Crippen LogP contribution is -2.38. The molecular weight excluding hydrogens is 492 g/mol. The van der Waals surface area contributed by atoms with E-state index in [2.05, 4.69) is 30.5 Å². The van der Waals surface area contributed by atoms with E-state index in [1.165, 1.54) is 20.0 Å². The van der Waals surface area contributed by atoms with Crippen LogP contribution >= 0.6 is 7.14 Å². The Labute approximate surface area is 206 Å². The number of anilines is 3. The number of aromatic nitrogens is 3. The van der Waals surface area contributed by atoms with Crippen molar-refractivity contribution in [2.45, 2.75) is 43.9 Å². The molecule has 8 nitrogen and oxygen atoms in total. The molecule has 2 aliphatic carbocycles. The van der Waals surface area contributed by atoms with E-state index in [1.807, 2.05) is 6.07 Å². The second-order valence-corrected chi connectivity index (χ2v) is 13.0. The number of halogens is 3. The second-order valence-electron chi connectivity index (χ2n) is 9.85. The van der Waals surface area contributed by atoms with E-state index in [0.29, 0.717) is 29.8 Å². The van der Waals surface area contributed by atoms with Crippen LogP contribution in [-0.4, -0.2) is 64.5 Å². The molecule has 36 heavy (non-hydrogen) atoms. The summed E-state index contributed by atoms with van der Waals surface area (Å²) in [5.74, 6) is 0.757. The minimum Gasteiger partial charge on any atom is -0.495 e. The van der Waals surface area contributed by atoms with Crippen LogP contribution in [0.15, 0.2) is 24.4 Å². The van der Waals surface area contributed by atoms with Crippen molar-refractivity contribution in [2.24, 2.45) is 0 Å². The van der Waals surface area contributed by atoms with Gasteiger partial charge in [-0.15, -0.1) is 0 Å². The van der Waals surface area contributed by atoms with Gasteiger partial charge in [0.2, 0.25) is 5.95 Å². The van der Waals surface area contributed by atoms with Gasteiger partial charge < -0.3 is 24.9 Å². The molecule has 6 rings (SSSR count). The van der Waals surface area contributed by atoms with Crippen LogP contribution in [0.2, 0.25) is 0 Å². The molecule has 0 amide bonds. The summed E-state index contributed by atoms with van der Waals surface area (Å²) in [6.07, 6.45) is 1.95. The van der Waals surface area contributed by atoms with Gasteiger partial charge in [0.05, 0.1) is 23.7 Å². The van der Waals surface area contributed by atoms with Crippen molar-refractivity contribution in [1.82, 2.24) is 19.9 Å². The van der Waals surface area contributed by atoms with E-state index in [9.17, 15) is 17.7 Å². The zero-order chi connectivity index (χ0) is 25.1. The Morgan fingerprint density at radius 3 is 2.53 bits per heavy atom. The highest BCUT2D eigenvalue weighted by molar-refractivity contribution is 7.71. The van der Waals surface area contributed by atoms with Crippen LogP contribution in [0.1, 0.15) is 31.2 Å². The van der Waals surface area contributed by atoms with Crippen LogP contribution in [0.5, 0.6) is 5.75 Å². The normalized spacial score (nSPS) is 20.4. The van der Waals surface area contributed by atoms with Crippen LogP contribution in [0.25, 0.3) is 11.0 Å². The van der Waals surface area contributed by atoms with Crippen molar-refractivity contribution < 1.29 is 22.5 Å². The van der Waals surface area contributed by atoms with Gasteiger partial charge in [-0.05, 0) is 43.9 Å².